The zero-order valence-electron chi connectivity index (χ0n) is 24.5. The highest BCUT2D eigenvalue weighted by Crippen LogP contribution is 2.36. The summed E-state index contributed by atoms with van der Waals surface area (Å²) in [4.78, 5) is 14.2. The normalized spacial score (nSPS) is 12.3. The van der Waals surface area contributed by atoms with Gasteiger partial charge in [-0.25, -0.2) is 0 Å². The van der Waals surface area contributed by atoms with Crippen molar-refractivity contribution < 1.29 is 23.2 Å². The second-order valence-corrected chi connectivity index (χ2v) is 13.4. The van der Waals surface area contributed by atoms with E-state index in [2.05, 4.69) is 36.3 Å². The van der Waals surface area contributed by atoms with E-state index in [-0.39, 0.29) is 17.1 Å². The van der Waals surface area contributed by atoms with Crippen LogP contribution in [0.2, 0.25) is 6.04 Å². The number of aromatic hydroxyl groups is 1. The number of nitrogens with one attached hydrogen (secondary N) is 1. The fourth-order valence-corrected chi connectivity index (χ4v) is 7.17. The maximum absolute atomic E-state index is 12.7. The molecule has 0 bridgehead atoms. The molecule has 2 N–H and O–H groups in total. The molecule has 0 saturated carbocycles. The molecular formula is C29H44N4O5Si. The molecule has 0 fully saturated rings. The maximum atomic E-state index is 12.7. The summed E-state index contributed by atoms with van der Waals surface area (Å²) in [7, 11) is -2.71. The summed E-state index contributed by atoms with van der Waals surface area (Å²) in [6.45, 7) is 16.1. The van der Waals surface area contributed by atoms with Crippen LogP contribution in [0.3, 0.4) is 0 Å². The van der Waals surface area contributed by atoms with Crippen LogP contribution < -0.4 is 5.32 Å². The van der Waals surface area contributed by atoms with E-state index < -0.39 is 8.80 Å². The number of nitrogens with zero attached hydrogens (tertiary/aromatic N) is 3. The smallest absolute Gasteiger partial charge is 0.500 e. The fourth-order valence-electron chi connectivity index (χ4n) is 4.56. The minimum Gasteiger partial charge on any atom is -0.505 e. The van der Waals surface area contributed by atoms with Crippen molar-refractivity contribution in [3.05, 3.63) is 47.0 Å². The lowest BCUT2D eigenvalue weighted by Crippen LogP contribution is -2.46. The molecule has 2 aromatic carbocycles. The summed E-state index contributed by atoms with van der Waals surface area (Å²) in [6, 6.07) is 10.4. The number of fused-ring (bicyclic) bond motifs is 1. The van der Waals surface area contributed by atoms with E-state index in [1.54, 1.807) is 0 Å². The van der Waals surface area contributed by atoms with Crippen molar-refractivity contribution >= 4 is 25.7 Å². The van der Waals surface area contributed by atoms with E-state index in [9.17, 15) is 9.90 Å². The Hall–Kier alpha value is -2.79. The molecule has 0 aliphatic rings. The van der Waals surface area contributed by atoms with Gasteiger partial charge in [-0.15, -0.1) is 15.0 Å². The number of hydrogen-bond acceptors (Lipinski definition) is 7. The molecule has 1 aromatic heterocycles. The molecule has 3 aromatic rings. The molecule has 10 heteroatoms. The van der Waals surface area contributed by atoms with E-state index in [4.69, 9.17) is 13.3 Å². The second-order valence-electron chi connectivity index (χ2n) is 10.7. The number of aromatic nitrogens is 3. The summed E-state index contributed by atoms with van der Waals surface area (Å²) >= 11 is 0. The first-order valence-corrected chi connectivity index (χ1v) is 15.8. The average Bonchev–Trinajstić information content (AvgIpc) is 3.28. The van der Waals surface area contributed by atoms with Gasteiger partial charge < -0.3 is 23.7 Å². The Morgan fingerprint density at radius 3 is 2.26 bits per heavy atom. The Morgan fingerprint density at radius 1 is 1.00 bits per heavy atom. The van der Waals surface area contributed by atoms with Crippen LogP contribution in [0.15, 0.2) is 30.3 Å². The summed E-state index contributed by atoms with van der Waals surface area (Å²) in [5.41, 5.74) is 4.55. The highest BCUT2D eigenvalue weighted by atomic mass is 28.4. The SMILES string of the molecule is CCO[Si](CCCNC(=O)CCc1cc(-n2nc3ccc(C)cc3n2)c(O)c(C(C)(C)C)c1)(OCC)OCC. The third-order valence-electron chi connectivity index (χ3n) is 6.42. The first kappa shape index (κ1) is 30.7. The van der Waals surface area contributed by atoms with E-state index >= 15 is 0 Å². The maximum Gasteiger partial charge on any atom is 0.500 e. The minimum atomic E-state index is -2.71. The van der Waals surface area contributed by atoms with Gasteiger partial charge in [0.15, 0.2) is 0 Å². The number of aryl methyl sites for hydroxylation is 2. The average molecular weight is 557 g/mol. The van der Waals surface area contributed by atoms with Gasteiger partial charge in [0.05, 0.1) is 0 Å². The molecule has 0 aliphatic heterocycles. The highest BCUT2D eigenvalue weighted by molar-refractivity contribution is 6.60. The van der Waals surface area contributed by atoms with E-state index in [0.717, 1.165) is 27.7 Å². The third kappa shape index (κ3) is 8.11. The lowest BCUT2D eigenvalue weighted by atomic mass is 9.84. The lowest BCUT2D eigenvalue weighted by Gasteiger charge is -2.28. The molecule has 39 heavy (non-hydrogen) atoms. The van der Waals surface area contributed by atoms with Crippen LogP contribution in [-0.2, 0) is 29.9 Å². The topological polar surface area (TPSA) is 108 Å². The molecule has 1 heterocycles. The summed E-state index contributed by atoms with van der Waals surface area (Å²) in [5.74, 6) is 0.120. The minimum absolute atomic E-state index is 0.0307. The fraction of sp³-hybridized carbons (Fsp3) is 0.552. The molecule has 0 saturated heterocycles. The third-order valence-corrected chi connectivity index (χ3v) is 9.58. The Labute approximate surface area is 233 Å². The molecule has 3 rings (SSSR count). The van der Waals surface area contributed by atoms with Gasteiger partial charge in [-0.1, -0.05) is 32.9 Å². The van der Waals surface area contributed by atoms with Crippen LogP contribution in [0, 0.1) is 6.92 Å². The quantitative estimate of drug-likeness (QED) is 0.207. The number of amides is 1. The number of rotatable bonds is 14. The van der Waals surface area contributed by atoms with Gasteiger partial charge in [0, 0.05) is 44.4 Å². The van der Waals surface area contributed by atoms with Crippen molar-refractivity contribution in [1.82, 2.24) is 20.3 Å². The Kier molecular flexibility index (Phi) is 10.7. The van der Waals surface area contributed by atoms with Gasteiger partial charge in [-0.2, -0.15) is 0 Å². The molecule has 0 spiro atoms. The number of hydrogen-bond donors (Lipinski definition) is 2. The second kappa shape index (κ2) is 13.5. The first-order chi connectivity index (χ1) is 18.5. The van der Waals surface area contributed by atoms with Gasteiger partial charge in [-0.05, 0) is 75.3 Å². The van der Waals surface area contributed by atoms with Gasteiger partial charge in [0.1, 0.15) is 22.5 Å². The van der Waals surface area contributed by atoms with Crippen LogP contribution >= 0.6 is 0 Å². The van der Waals surface area contributed by atoms with Crippen LogP contribution in [-0.4, -0.2) is 61.2 Å². The molecule has 0 atom stereocenters. The number of carbonyl (C=O) groups excluding carboxylic acids is 1. The van der Waals surface area contributed by atoms with Crippen molar-refractivity contribution in [2.45, 2.75) is 79.2 Å². The van der Waals surface area contributed by atoms with Crippen molar-refractivity contribution in [2.75, 3.05) is 26.4 Å². The highest BCUT2D eigenvalue weighted by Gasteiger charge is 2.39. The van der Waals surface area contributed by atoms with Gasteiger partial charge in [0.2, 0.25) is 5.91 Å². The van der Waals surface area contributed by atoms with E-state index in [1.807, 2.05) is 58.0 Å². The molecule has 9 nitrogen and oxygen atoms in total. The van der Waals surface area contributed by atoms with Crippen LogP contribution in [0.5, 0.6) is 5.75 Å². The number of carbonyl (C=O) groups is 1. The Balaban J connectivity index is 1.69. The number of phenols is 1. The molecular weight excluding hydrogens is 512 g/mol. The van der Waals surface area contributed by atoms with Crippen molar-refractivity contribution in [1.29, 1.82) is 0 Å². The lowest BCUT2D eigenvalue weighted by molar-refractivity contribution is -0.121. The van der Waals surface area contributed by atoms with Crippen LogP contribution in [0.1, 0.15) is 71.1 Å². The standard InChI is InChI=1S/C29H44N4O5Si/c1-8-36-39(37-9-2,38-10-3)17-11-16-30-27(34)15-13-22-19-23(29(5,6)7)28(35)26(20-22)33-31-24-14-12-21(4)18-25(24)32-33/h12,14,18-20,35H,8-11,13,15-17H2,1-7H3,(H,30,34). The first-order valence-electron chi connectivity index (χ1n) is 13.9. The monoisotopic (exact) mass is 556 g/mol. The summed E-state index contributed by atoms with van der Waals surface area (Å²) < 4.78 is 17.7. The largest absolute Gasteiger partial charge is 0.505 e. The molecule has 1 amide bonds. The predicted octanol–water partition coefficient (Wildman–Crippen LogP) is 5.22. The van der Waals surface area contributed by atoms with Crippen molar-refractivity contribution in [2.24, 2.45) is 0 Å². The molecule has 0 radical (unpaired) electrons. The van der Waals surface area contributed by atoms with Crippen LogP contribution in [0.4, 0.5) is 0 Å². The van der Waals surface area contributed by atoms with Gasteiger partial charge in [-0.3, -0.25) is 4.79 Å². The number of benzene rings is 2. The Bertz CT molecular complexity index is 1240. The zero-order chi connectivity index (χ0) is 28.6. The summed E-state index contributed by atoms with van der Waals surface area (Å²) in [6.07, 6.45) is 1.57. The van der Waals surface area contributed by atoms with Crippen molar-refractivity contribution in [3.8, 4) is 11.4 Å². The van der Waals surface area contributed by atoms with E-state index in [1.165, 1.54) is 4.80 Å². The predicted molar refractivity (Wildman–Crippen MR) is 155 cm³/mol. The molecule has 0 unspecified atom stereocenters. The zero-order valence-corrected chi connectivity index (χ0v) is 25.5. The van der Waals surface area contributed by atoms with Gasteiger partial charge in [0.25, 0.3) is 0 Å². The van der Waals surface area contributed by atoms with Crippen molar-refractivity contribution in [3.63, 3.8) is 0 Å². The molecule has 214 valence electrons. The molecule has 0 aliphatic carbocycles. The van der Waals surface area contributed by atoms with Crippen LogP contribution in [0.25, 0.3) is 16.7 Å². The summed E-state index contributed by atoms with van der Waals surface area (Å²) in [5, 5.41) is 23.4. The van der Waals surface area contributed by atoms with Gasteiger partial charge >= 0.3 is 8.80 Å². The Morgan fingerprint density at radius 2 is 1.64 bits per heavy atom. The number of phenolic OH excluding ortho intramolecular Hbond substituents is 1. The van der Waals surface area contributed by atoms with E-state index in [0.29, 0.717) is 57.4 Å².